The largest absolute Gasteiger partial charge is 0.480 e. The highest BCUT2D eigenvalue weighted by Gasteiger charge is 2.20. The normalized spacial score (nSPS) is 11.6. The lowest BCUT2D eigenvalue weighted by molar-refractivity contribution is -0.138. The van der Waals surface area contributed by atoms with E-state index in [0.717, 1.165) is 29.7 Å². The van der Waals surface area contributed by atoms with E-state index in [0.29, 0.717) is 35.6 Å². The number of carboxylic acids is 1. The van der Waals surface area contributed by atoms with Crippen molar-refractivity contribution in [2.24, 2.45) is 0 Å². The van der Waals surface area contributed by atoms with Gasteiger partial charge in [0.2, 0.25) is 0 Å². The maximum atomic E-state index is 12.7. The zero-order valence-electron chi connectivity index (χ0n) is 16.0. The molecule has 0 aliphatic rings. The van der Waals surface area contributed by atoms with Gasteiger partial charge in [-0.3, -0.25) is 10.1 Å². The summed E-state index contributed by atoms with van der Waals surface area (Å²) in [4.78, 5) is 40.0. The summed E-state index contributed by atoms with van der Waals surface area (Å²) in [5.41, 5.74) is 1.69. The fourth-order valence-corrected chi connectivity index (χ4v) is 3.51. The number of thiazole rings is 1. The molecule has 0 fully saturated rings. The van der Waals surface area contributed by atoms with Crippen molar-refractivity contribution in [3.05, 3.63) is 40.4 Å². The molecule has 0 radical (unpaired) electrons. The average molecular weight is 404 g/mol. The Hall–Kier alpha value is -2.74. The fraction of sp³-hybridized carbons (Fsp3) is 0.400. The number of carbonyl (C=O) groups is 3. The van der Waals surface area contributed by atoms with Crippen LogP contribution in [0.4, 0.5) is 10.8 Å². The van der Waals surface area contributed by atoms with Crippen molar-refractivity contribution in [1.82, 2.24) is 4.98 Å². The minimum absolute atomic E-state index is 0.341. The molecule has 0 aliphatic carbocycles. The lowest BCUT2D eigenvalue weighted by atomic mass is 10.1. The van der Waals surface area contributed by atoms with Crippen LogP contribution in [0.2, 0.25) is 0 Å². The molecule has 0 aliphatic heterocycles. The number of amides is 1. The first-order valence-corrected chi connectivity index (χ1v) is 10.0. The molecular formula is C20H25N3O4S. The van der Waals surface area contributed by atoms with Crippen molar-refractivity contribution >= 4 is 40.3 Å². The van der Waals surface area contributed by atoms with Crippen LogP contribution < -0.4 is 10.6 Å². The standard InChI is InChI=1S/C20H25N3O4S/c1-13-14(2)28-20(21-13)23-18(25)15-9-6-7-10-16(15)22-17(19(26)27)11-5-3-4-8-12-24/h6-7,9-10,12,17,22H,3-5,8,11H2,1-2H3,(H,26,27)(H,21,23,25). The van der Waals surface area contributed by atoms with Crippen LogP contribution in [0.1, 0.15) is 53.0 Å². The van der Waals surface area contributed by atoms with Gasteiger partial charge in [-0.15, -0.1) is 11.3 Å². The molecule has 1 aromatic heterocycles. The van der Waals surface area contributed by atoms with Gasteiger partial charge in [0.25, 0.3) is 5.91 Å². The Bertz CT molecular complexity index is 815. The highest BCUT2D eigenvalue weighted by atomic mass is 32.1. The number of nitrogens with zero attached hydrogens (tertiary/aromatic N) is 1. The van der Waals surface area contributed by atoms with Crippen LogP contribution in [0.5, 0.6) is 0 Å². The van der Waals surface area contributed by atoms with E-state index in [1.165, 1.54) is 11.3 Å². The molecule has 1 unspecified atom stereocenters. The summed E-state index contributed by atoms with van der Waals surface area (Å²) in [5.74, 6) is -1.32. The van der Waals surface area contributed by atoms with Gasteiger partial charge in [-0.25, -0.2) is 9.78 Å². The van der Waals surface area contributed by atoms with Crippen LogP contribution in [0.15, 0.2) is 24.3 Å². The number of nitrogens with one attached hydrogen (secondary N) is 2. The molecule has 150 valence electrons. The van der Waals surface area contributed by atoms with Gasteiger partial charge in [-0.05, 0) is 38.8 Å². The third kappa shape index (κ3) is 6.16. The second-order valence-corrected chi connectivity index (χ2v) is 7.70. The van der Waals surface area contributed by atoms with Crippen molar-refractivity contribution in [3.63, 3.8) is 0 Å². The molecule has 0 spiro atoms. The molecular weight excluding hydrogens is 378 g/mol. The predicted molar refractivity (Wildman–Crippen MR) is 110 cm³/mol. The zero-order chi connectivity index (χ0) is 20.5. The second-order valence-electron chi connectivity index (χ2n) is 6.50. The van der Waals surface area contributed by atoms with E-state index in [2.05, 4.69) is 15.6 Å². The minimum atomic E-state index is -0.975. The van der Waals surface area contributed by atoms with E-state index in [-0.39, 0.29) is 5.91 Å². The molecule has 8 heteroatoms. The first-order chi connectivity index (χ1) is 13.4. The van der Waals surface area contributed by atoms with E-state index in [1.807, 2.05) is 13.8 Å². The number of hydrogen-bond donors (Lipinski definition) is 3. The number of unbranched alkanes of at least 4 members (excludes halogenated alkanes) is 3. The van der Waals surface area contributed by atoms with Crippen molar-refractivity contribution in [2.75, 3.05) is 10.6 Å². The van der Waals surface area contributed by atoms with Crippen molar-refractivity contribution in [2.45, 2.75) is 52.0 Å². The molecule has 2 aromatic rings. The third-order valence-corrected chi connectivity index (χ3v) is 5.35. The van der Waals surface area contributed by atoms with Gasteiger partial charge in [0.1, 0.15) is 12.3 Å². The SMILES string of the molecule is Cc1nc(NC(=O)c2ccccc2NC(CCCCCC=O)C(=O)O)sc1C. The van der Waals surface area contributed by atoms with Crippen LogP contribution in [0.3, 0.4) is 0 Å². The molecule has 1 atom stereocenters. The van der Waals surface area contributed by atoms with Gasteiger partial charge in [-0.2, -0.15) is 0 Å². The maximum absolute atomic E-state index is 12.7. The first kappa shape index (κ1) is 21.6. The number of para-hydroxylation sites is 1. The maximum Gasteiger partial charge on any atom is 0.326 e. The smallest absolute Gasteiger partial charge is 0.326 e. The molecule has 0 saturated carbocycles. The van der Waals surface area contributed by atoms with Gasteiger partial charge in [0.05, 0.1) is 11.3 Å². The molecule has 3 N–H and O–H groups in total. The molecule has 28 heavy (non-hydrogen) atoms. The lowest BCUT2D eigenvalue weighted by Gasteiger charge is -2.18. The van der Waals surface area contributed by atoms with Gasteiger partial charge >= 0.3 is 5.97 Å². The number of aliphatic carboxylic acids is 1. The van der Waals surface area contributed by atoms with E-state index in [1.54, 1.807) is 24.3 Å². The van der Waals surface area contributed by atoms with Crippen LogP contribution in [-0.2, 0) is 9.59 Å². The molecule has 1 aromatic carbocycles. The van der Waals surface area contributed by atoms with E-state index in [9.17, 15) is 19.5 Å². The third-order valence-electron chi connectivity index (χ3n) is 4.36. The number of rotatable bonds is 11. The number of anilines is 2. The van der Waals surface area contributed by atoms with Crippen LogP contribution in [-0.4, -0.2) is 34.3 Å². The quantitative estimate of drug-likeness (QED) is 0.386. The highest BCUT2D eigenvalue weighted by Crippen LogP contribution is 2.24. The molecule has 0 bridgehead atoms. The second kappa shape index (κ2) is 10.6. The number of carbonyl (C=O) groups excluding carboxylic acids is 2. The van der Waals surface area contributed by atoms with Gasteiger partial charge in [0.15, 0.2) is 5.13 Å². The molecule has 0 saturated heterocycles. The van der Waals surface area contributed by atoms with E-state index in [4.69, 9.17) is 0 Å². The van der Waals surface area contributed by atoms with Crippen LogP contribution in [0.25, 0.3) is 0 Å². The Labute approximate surface area is 168 Å². The highest BCUT2D eigenvalue weighted by molar-refractivity contribution is 7.15. The zero-order valence-corrected chi connectivity index (χ0v) is 16.8. The van der Waals surface area contributed by atoms with Gasteiger partial charge < -0.3 is 15.2 Å². The summed E-state index contributed by atoms with van der Waals surface area (Å²) >= 11 is 1.40. The molecule has 1 heterocycles. The Kier molecular flexibility index (Phi) is 8.13. The molecule has 1 amide bonds. The summed E-state index contributed by atoms with van der Waals surface area (Å²) < 4.78 is 0. The summed E-state index contributed by atoms with van der Waals surface area (Å²) in [6.07, 6.45) is 3.99. The topological polar surface area (TPSA) is 108 Å². The molecule has 7 nitrogen and oxygen atoms in total. The van der Waals surface area contributed by atoms with Crippen molar-refractivity contribution < 1.29 is 19.5 Å². The number of hydrogen-bond acceptors (Lipinski definition) is 6. The Morgan fingerprint density at radius 2 is 1.96 bits per heavy atom. The predicted octanol–water partition coefficient (Wildman–Crippen LogP) is 4.03. The number of benzene rings is 1. The Morgan fingerprint density at radius 1 is 1.21 bits per heavy atom. The van der Waals surface area contributed by atoms with E-state index >= 15 is 0 Å². The Morgan fingerprint density at radius 3 is 2.61 bits per heavy atom. The monoisotopic (exact) mass is 403 g/mol. The first-order valence-electron chi connectivity index (χ1n) is 9.19. The number of aryl methyl sites for hydroxylation is 2. The fourth-order valence-electron chi connectivity index (χ4n) is 2.70. The van der Waals surface area contributed by atoms with E-state index < -0.39 is 12.0 Å². The lowest BCUT2D eigenvalue weighted by Crippen LogP contribution is -2.30. The summed E-state index contributed by atoms with van der Waals surface area (Å²) in [6, 6.07) is 6.01. The average Bonchev–Trinajstić information content (AvgIpc) is 2.97. The van der Waals surface area contributed by atoms with Crippen molar-refractivity contribution in [1.29, 1.82) is 0 Å². The Balaban J connectivity index is 2.07. The van der Waals surface area contributed by atoms with Gasteiger partial charge in [-0.1, -0.05) is 25.0 Å². The molecule has 2 rings (SSSR count). The number of aromatic nitrogens is 1. The summed E-state index contributed by atoms with van der Waals surface area (Å²) in [7, 11) is 0. The number of carboxylic acid groups (broad SMARTS) is 1. The summed E-state index contributed by atoms with van der Waals surface area (Å²) in [6.45, 7) is 3.81. The van der Waals surface area contributed by atoms with Crippen LogP contribution >= 0.6 is 11.3 Å². The van der Waals surface area contributed by atoms with Gasteiger partial charge in [0, 0.05) is 17.0 Å². The number of aldehydes is 1. The minimum Gasteiger partial charge on any atom is -0.480 e. The van der Waals surface area contributed by atoms with Crippen molar-refractivity contribution in [3.8, 4) is 0 Å². The summed E-state index contributed by atoms with van der Waals surface area (Å²) in [5, 5.41) is 15.8. The van der Waals surface area contributed by atoms with Crippen LogP contribution in [0, 0.1) is 13.8 Å².